The number of carbonyl (C=O) groups excluding carboxylic acids is 1. The monoisotopic (exact) mass is 376 g/mol. The molecule has 1 aliphatic heterocycles. The van der Waals surface area contributed by atoms with Gasteiger partial charge in [0.15, 0.2) is 24.1 Å². The number of aromatic hydroxyl groups is 1. The first-order chi connectivity index (χ1) is 12.8. The number of ketones is 1. The zero-order valence-corrected chi connectivity index (χ0v) is 15.9. The lowest BCUT2D eigenvalue weighted by atomic mass is 9.71. The molecule has 1 aromatic carbocycles. The summed E-state index contributed by atoms with van der Waals surface area (Å²) in [4.78, 5) is 12.4. The van der Waals surface area contributed by atoms with Gasteiger partial charge in [-0.3, -0.25) is 4.79 Å². The Hall–Kier alpha value is -2.34. The predicted molar refractivity (Wildman–Crippen MR) is 97.9 cm³/mol. The van der Waals surface area contributed by atoms with Gasteiger partial charge in [-0.25, -0.2) is 4.39 Å². The van der Waals surface area contributed by atoms with E-state index in [1.165, 1.54) is 25.3 Å². The van der Waals surface area contributed by atoms with Crippen LogP contribution in [0.5, 0.6) is 11.5 Å². The molecular formula is C21H25FO5. The molecule has 0 aromatic heterocycles. The topological polar surface area (TPSA) is 65.0 Å². The molecule has 0 spiro atoms. The number of halogens is 1. The molecule has 1 N–H and O–H groups in total. The summed E-state index contributed by atoms with van der Waals surface area (Å²) < 4.78 is 30.9. The Balaban J connectivity index is 1.89. The average Bonchev–Trinajstić information content (AvgIpc) is 3.01. The second kappa shape index (κ2) is 7.35. The third kappa shape index (κ3) is 3.58. The molecule has 3 atom stereocenters. The summed E-state index contributed by atoms with van der Waals surface area (Å²) in [6.45, 7) is 7.81. The SMILES string of the molecule is C=C(C)C[C@H]1C[C@]2([C@@H](C)Cc3cc(O)c(OC)cc3F)OCOC2=CC1=O. The summed E-state index contributed by atoms with van der Waals surface area (Å²) in [6.07, 6.45) is 2.88. The minimum atomic E-state index is -0.782. The van der Waals surface area contributed by atoms with E-state index in [0.29, 0.717) is 30.6 Å². The van der Waals surface area contributed by atoms with Crippen LogP contribution >= 0.6 is 0 Å². The molecule has 5 nitrogen and oxygen atoms in total. The van der Waals surface area contributed by atoms with Crippen molar-refractivity contribution in [1.29, 1.82) is 0 Å². The number of hydrogen-bond donors (Lipinski definition) is 1. The van der Waals surface area contributed by atoms with Crippen molar-refractivity contribution < 1.29 is 28.5 Å². The summed E-state index contributed by atoms with van der Waals surface area (Å²) >= 11 is 0. The Labute approximate surface area is 158 Å². The molecule has 146 valence electrons. The Morgan fingerprint density at radius 1 is 1.52 bits per heavy atom. The van der Waals surface area contributed by atoms with E-state index in [9.17, 15) is 14.3 Å². The maximum Gasteiger partial charge on any atom is 0.189 e. The number of allylic oxidation sites excluding steroid dienone is 2. The van der Waals surface area contributed by atoms with Gasteiger partial charge >= 0.3 is 0 Å². The highest BCUT2D eigenvalue weighted by molar-refractivity contribution is 5.94. The fraction of sp³-hybridized carbons (Fsp3) is 0.476. The summed E-state index contributed by atoms with van der Waals surface area (Å²) in [5.41, 5.74) is 0.507. The van der Waals surface area contributed by atoms with Gasteiger partial charge in [0.2, 0.25) is 0 Å². The normalized spacial score (nSPS) is 25.4. The minimum absolute atomic E-state index is 0.00889. The lowest BCUT2D eigenvalue weighted by Gasteiger charge is -2.38. The number of fused-ring (bicyclic) bond motifs is 1. The van der Waals surface area contributed by atoms with Gasteiger partial charge in [-0.05, 0) is 43.7 Å². The van der Waals surface area contributed by atoms with E-state index in [2.05, 4.69) is 6.58 Å². The Morgan fingerprint density at radius 2 is 2.26 bits per heavy atom. The van der Waals surface area contributed by atoms with E-state index in [1.807, 2.05) is 13.8 Å². The number of phenolic OH excluding ortho intramolecular Hbond substituents is 1. The molecular weight excluding hydrogens is 351 g/mol. The van der Waals surface area contributed by atoms with E-state index >= 15 is 0 Å². The van der Waals surface area contributed by atoms with Gasteiger partial charge in [-0.1, -0.05) is 12.5 Å². The highest BCUT2D eigenvalue weighted by Crippen LogP contribution is 2.47. The van der Waals surface area contributed by atoms with Crippen molar-refractivity contribution in [3.63, 3.8) is 0 Å². The van der Waals surface area contributed by atoms with Crippen LogP contribution < -0.4 is 4.74 Å². The zero-order valence-electron chi connectivity index (χ0n) is 15.9. The molecule has 27 heavy (non-hydrogen) atoms. The fourth-order valence-electron chi connectivity index (χ4n) is 4.01. The van der Waals surface area contributed by atoms with Gasteiger partial charge in [0.1, 0.15) is 17.2 Å². The van der Waals surface area contributed by atoms with Crippen LogP contribution in [0.3, 0.4) is 0 Å². The standard InChI is InChI=1S/C21H25FO5/c1-12(2)5-15-10-21(20(9-17(15)23)26-11-27-21)13(3)6-14-7-18(24)19(25-4)8-16(14)22/h7-9,13,15,24H,1,5-6,10-11H2,2-4H3/t13-,15-,21+/m0/s1. The smallest absolute Gasteiger partial charge is 0.189 e. The van der Waals surface area contributed by atoms with Gasteiger partial charge < -0.3 is 19.3 Å². The fourth-order valence-corrected chi connectivity index (χ4v) is 4.01. The molecule has 1 aliphatic carbocycles. The lowest BCUT2D eigenvalue weighted by molar-refractivity contribution is -0.123. The molecule has 1 heterocycles. The molecule has 3 rings (SSSR count). The number of ether oxygens (including phenoxy) is 3. The molecule has 0 unspecified atom stereocenters. The van der Waals surface area contributed by atoms with Crippen LogP contribution in [0.25, 0.3) is 0 Å². The Morgan fingerprint density at radius 3 is 2.93 bits per heavy atom. The van der Waals surface area contributed by atoms with E-state index in [0.717, 1.165) is 5.57 Å². The summed E-state index contributed by atoms with van der Waals surface area (Å²) in [5, 5.41) is 9.99. The second-order valence-electron chi connectivity index (χ2n) is 7.49. The van der Waals surface area contributed by atoms with Crippen molar-refractivity contribution >= 4 is 5.78 Å². The van der Waals surface area contributed by atoms with Gasteiger partial charge in [0.05, 0.1) is 7.11 Å². The Kier molecular flexibility index (Phi) is 5.29. The molecule has 0 saturated carbocycles. The number of rotatable bonds is 6. The predicted octanol–water partition coefficient (Wildman–Crippen LogP) is 3.90. The summed E-state index contributed by atoms with van der Waals surface area (Å²) in [5.74, 6) is -0.364. The summed E-state index contributed by atoms with van der Waals surface area (Å²) in [6, 6.07) is 2.55. The minimum Gasteiger partial charge on any atom is -0.504 e. The molecule has 1 fully saturated rings. The molecule has 1 saturated heterocycles. The van der Waals surface area contributed by atoms with Crippen molar-refractivity contribution in [3.05, 3.63) is 47.5 Å². The van der Waals surface area contributed by atoms with Crippen LogP contribution in [-0.4, -0.2) is 30.4 Å². The number of carbonyl (C=O) groups is 1. The van der Waals surface area contributed by atoms with Gasteiger partial charge in [-0.2, -0.15) is 0 Å². The molecule has 0 bridgehead atoms. The quantitative estimate of drug-likeness (QED) is 0.763. The van der Waals surface area contributed by atoms with E-state index in [-0.39, 0.29) is 35.9 Å². The first-order valence-electron chi connectivity index (χ1n) is 8.99. The maximum atomic E-state index is 14.5. The van der Waals surface area contributed by atoms with Crippen molar-refractivity contribution in [3.8, 4) is 11.5 Å². The highest BCUT2D eigenvalue weighted by atomic mass is 19.1. The lowest BCUT2D eigenvalue weighted by Crippen LogP contribution is -2.45. The van der Waals surface area contributed by atoms with Crippen LogP contribution in [0.4, 0.5) is 4.39 Å². The Bertz CT molecular complexity index is 800. The molecule has 6 heteroatoms. The zero-order chi connectivity index (χ0) is 19.8. The number of methoxy groups -OCH3 is 1. The molecule has 1 aromatic rings. The summed E-state index contributed by atoms with van der Waals surface area (Å²) in [7, 11) is 1.37. The van der Waals surface area contributed by atoms with Crippen molar-refractivity contribution in [2.75, 3.05) is 13.9 Å². The van der Waals surface area contributed by atoms with Gasteiger partial charge in [-0.15, -0.1) is 6.58 Å². The molecule has 0 radical (unpaired) electrons. The van der Waals surface area contributed by atoms with Crippen molar-refractivity contribution in [1.82, 2.24) is 0 Å². The average molecular weight is 376 g/mol. The molecule has 2 aliphatic rings. The number of hydrogen-bond acceptors (Lipinski definition) is 5. The van der Waals surface area contributed by atoms with Crippen LogP contribution in [0.2, 0.25) is 0 Å². The van der Waals surface area contributed by atoms with E-state index in [1.54, 1.807) is 0 Å². The number of benzene rings is 1. The third-order valence-electron chi connectivity index (χ3n) is 5.44. The van der Waals surface area contributed by atoms with Crippen LogP contribution in [0, 0.1) is 17.7 Å². The van der Waals surface area contributed by atoms with Gasteiger partial charge in [0.25, 0.3) is 0 Å². The van der Waals surface area contributed by atoms with E-state index in [4.69, 9.17) is 14.2 Å². The first kappa shape index (κ1) is 19.4. The largest absolute Gasteiger partial charge is 0.504 e. The van der Waals surface area contributed by atoms with Crippen molar-refractivity contribution in [2.24, 2.45) is 11.8 Å². The van der Waals surface area contributed by atoms with E-state index < -0.39 is 11.4 Å². The van der Waals surface area contributed by atoms with Crippen LogP contribution in [-0.2, 0) is 20.7 Å². The number of phenols is 1. The third-order valence-corrected chi connectivity index (χ3v) is 5.44. The maximum absolute atomic E-state index is 14.5. The molecule has 0 amide bonds. The van der Waals surface area contributed by atoms with Crippen LogP contribution in [0.1, 0.15) is 32.3 Å². The highest BCUT2D eigenvalue weighted by Gasteiger charge is 2.51. The van der Waals surface area contributed by atoms with Gasteiger partial charge in [0, 0.05) is 18.1 Å². The van der Waals surface area contributed by atoms with Crippen molar-refractivity contribution in [2.45, 2.75) is 38.7 Å². The first-order valence-corrected chi connectivity index (χ1v) is 8.99. The second-order valence-corrected chi connectivity index (χ2v) is 7.49. The van der Waals surface area contributed by atoms with Crippen LogP contribution in [0.15, 0.2) is 36.1 Å².